The van der Waals surface area contributed by atoms with Gasteiger partial charge in [0.1, 0.15) is 5.69 Å². The van der Waals surface area contributed by atoms with Crippen molar-refractivity contribution < 1.29 is 19.0 Å². The Bertz CT molecular complexity index is 668. The quantitative estimate of drug-likeness (QED) is 0.871. The van der Waals surface area contributed by atoms with Crippen molar-refractivity contribution in [2.75, 3.05) is 12.4 Å². The number of halogens is 1. The number of anilines is 1. The van der Waals surface area contributed by atoms with Crippen LogP contribution in [0.4, 0.5) is 5.69 Å². The highest BCUT2D eigenvalue weighted by Gasteiger charge is 2.17. The van der Waals surface area contributed by atoms with E-state index in [0.717, 1.165) is 0 Å². The summed E-state index contributed by atoms with van der Waals surface area (Å²) in [6.45, 7) is 1.58. The molecule has 1 amide bonds. The van der Waals surface area contributed by atoms with Crippen molar-refractivity contribution in [3.63, 3.8) is 0 Å². The lowest BCUT2D eigenvalue weighted by molar-refractivity contribution is 0.0600. The van der Waals surface area contributed by atoms with Crippen LogP contribution < -0.4 is 5.32 Å². The summed E-state index contributed by atoms with van der Waals surface area (Å²) < 4.78 is 9.04. The molecule has 0 saturated carbocycles. The summed E-state index contributed by atoms with van der Waals surface area (Å²) in [6, 6.07) is 4.39. The Kier molecular flexibility index (Phi) is 3.99. The lowest BCUT2D eigenvalue weighted by Crippen LogP contribution is -2.14. The number of esters is 1. The summed E-state index contributed by atoms with van der Waals surface area (Å²) in [6.07, 6.45) is 0. The Morgan fingerprint density at radius 2 is 2.10 bits per heavy atom. The van der Waals surface area contributed by atoms with E-state index in [1.807, 2.05) is 0 Å². The van der Waals surface area contributed by atoms with Crippen molar-refractivity contribution in [3.8, 4) is 0 Å². The van der Waals surface area contributed by atoms with Crippen molar-refractivity contribution in [2.45, 2.75) is 6.92 Å². The van der Waals surface area contributed by atoms with Gasteiger partial charge in [0.15, 0.2) is 5.69 Å². The Balaban J connectivity index is 2.27. The molecule has 0 aliphatic carbocycles. The van der Waals surface area contributed by atoms with Gasteiger partial charge in [0.25, 0.3) is 5.91 Å². The van der Waals surface area contributed by atoms with Gasteiger partial charge in [-0.25, -0.2) is 9.42 Å². The van der Waals surface area contributed by atoms with E-state index < -0.39 is 11.9 Å². The number of benzene rings is 1. The fraction of sp³-hybridized carbons (Fsp3) is 0.167. The van der Waals surface area contributed by atoms with E-state index in [0.29, 0.717) is 5.69 Å². The zero-order chi connectivity index (χ0) is 14.7. The van der Waals surface area contributed by atoms with Crippen LogP contribution in [0.2, 0.25) is 5.02 Å². The number of ether oxygens (including phenoxy) is 1. The third-order valence-corrected chi connectivity index (χ3v) is 2.83. The van der Waals surface area contributed by atoms with E-state index in [4.69, 9.17) is 11.6 Å². The molecule has 0 aliphatic heterocycles. The number of aromatic nitrogens is 2. The Labute approximate surface area is 118 Å². The van der Waals surface area contributed by atoms with Crippen molar-refractivity contribution in [3.05, 3.63) is 40.2 Å². The minimum Gasteiger partial charge on any atom is -0.465 e. The number of nitrogens with one attached hydrogen (secondary N) is 1. The molecule has 104 valence electrons. The van der Waals surface area contributed by atoms with E-state index in [1.54, 1.807) is 6.92 Å². The van der Waals surface area contributed by atoms with Gasteiger partial charge in [0, 0.05) is 0 Å². The summed E-state index contributed by atoms with van der Waals surface area (Å²) in [4.78, 5) is 23.4. The number of rotatable bonds is 3. The summed E-state index contributed by atoms with van der Waals surface area (Å²) in [7, 11) is 1.26. The maximum absolute atomic E-state index is 12.0. The SMILES string of the molecule is COC(=O)c1ccc(Cl)c(NC(=O)c2nonc2C)c1. The Hall–Kier alpha value is -2.41. The predicted octanol–water partition coefficient (Wildman–Crippen LogP) is 2.07. The largest absolute Gasteiger partial charge is 0.465 e. The molecule has 1 N–H and O–H groups in total. The van der Waals surface area contributed by atoms with Crippen molar-refractivity contribution in [1.82, 2.24) is 10.3 Å². The molecule has 1 aromatic carbocycles. The molecule has 1 heterocycles. The van der Waals surface area contributed by atoms with Gasteiger partial charge >= 0.3 is 5.97 Å². The highest BCUT2D eigenvalue weighted by Crippen LogP contribution is 2.24. The lowest BCUT2D eigenvalue weighted by Gasteiger charge is -2.07. The van der Waals surface area contributed by atoms with Gasteiger partial charge in [-0.2, -0.15) is 0 Å². The fourth-order valence-corrected chi connectivity index (χ4v) is 1.65. The number of methoxy groups -OCH3 is 1. The number of hydrogen-bond acceptors (Lipinski definition) is 6. The van der Waals surface area contributed by atoms with Crippen molar-refractivity contribution in [1.29, 1.82) is 0 Å². The Morgan fingerprint density at radius 1 is 1.35 bits per heavy atom. The molecule has 2 rings (SSSR count). The summed E-state index contributed by atoms with van der Waals surface area (Å²) in [5, 5.41) is 9.80. The third-order valence-electron chi connectivity index (χ3n) is 2.50. The number of nitrogens with zero attached hydrogens (tertiary/aromatic N) is 2. The van der Waals surface area contributed by atoms with Crippen LogP contribution in [0.5, 0.6) is 0 Å². The standard InChI is InChI=1S/C12H10ClN3O4/c1-6-10(16-20-15-6)11(17)14-9-5-7(12(18)19-2)3-4-8(9)13/h3-5H,1-2H3,(H,14,17). The average Bonchev–Trinajstić information content (AvgIpc) is 2.86. The van der Waals surface area contributed by atoms with Crippen molar-refractivity contribution >= 4 is 29.2 Å². The molecular weight excluding hydrogens is 286 g/mol. The zero-order valence-corrected chi connectivity index (χ0v) is 11.4. The highest BCUT2D eigenvalue weighted by molar-refractivity contribution is 6.34. The molecular formula is C12H10ClN3O4. The van der Waals surface area contributed by atoms with Crippen LogP contribution in [0.1, 0.15) is 26.5 Å². The first-order valence-electron chi connectivity index (χ1n) is 5.51. The molecule has 2 aromatic rings. The molecule has 0 bridgehead atoms. The molecule has 7 nitrogen and oxygen atoms in total. The van der Waals surface area contributed by atoms with Gasteiger partial charge in [-0.3, -0.25) is 4.79 Å². The number of hydrogen-bond donors (Lipinski definition) is 1. The first-order chi connectivity index (χ1) is 9.52. The molecule has 20 heavy (non-hydrogen) atoms. The molecule has 1 aromatic heterocycles. The molecule has 0 fully saturated rings. The van der Waals surface area contributed by atoms with Crippen LogP contribution in [0.25, 0.3) is 0 Å². The van der Waals surface area contributed by atoms with Crippen LogP contribution in [0.15, 0.2) is 22.8 Å². The summed E-state index contributed by atoms with van der Waals surface area (Å²) >= 11 is 5.96. The predicted molar refractivity (Wildman–Crippen MR) is 69.8 cm³/mol. The topological polar surface area (TPSA) is 94.3 Å². The van der Waals surface area contributed by atoms with Gasteiger partial charge < -0.3 is 10.1 Å². The number of carbonyl (C=O) groups excluding carboxylic acids is 2. The average molecular weight is 296 g/mol. The smallest absolute Gasteiger partial charge is 0.337 e. The van der Waals surface area contributed by atoms with E-state index in [-0.39, 0.29) is 22.0 Å². The van der Waals surface area contributed by atoms with E-state index in [1.165, 1.54) is 25.3 Å². The highest BCUT2D eigenvalue weighted by atomic mass is 35.5. The monoisotopic (exact) mass is 295 g/mol. The first-order valence-corrected chi connectivity index (χ1v) is 5.89. The van der Waals surface area contributed by atoms with Crippen LogP contribution in [-0.4, -0.2) is 29.3 Å². The minimum atomic E-state index is -0.535. The molecule has 0 spiro atoms. The van der Waals surface area contributed by atoms with Crippen LogP contribution in [0, 0.1) is 6.92 Å². The second-order valence-electron chi connectivity index (χ2n) is 3.84. The number of aryl methyl sites for hydroxylation is 1. The summed E-state index contributed by atoms with van der Waals surface area (Å²) in [5.74, 6) is -1.07. The maximum Gasteiger partial charge on any atom is 0.337 e. The van der Waals surface area contributed by atoms with Crippen LogP contribution in [-0.2, 0) is 4.74 Å². The normalized spacial score (nSPS) is 10.2. The third kappa shape index (κ3) is 2.77. The molecule has 8 heteroatoms. The Morgan fingerprint density at radius 3 is 2.70 bits per heavy atom. The number of amides is 1. The van der Waals surface area contributed by atoms with Gasteiger partial charge in [-0.15, -0.1) is 0 Å². The molecule has 0 saturated heterocycles. The second-order valence-corrected chi connectivity index (χ2v) is 4.25. The fourth-order valence-electron chi connectivity index (χ4n) is 1.48. The lowest BCUT2D eigenvalue weighted by atomic mass is 10.2. The first kappa shape index (κ1) is 14.0. The second kappa shape index (κ2) is 5.70. The molecule has 0 aliphatic rings. The maximum atomic E-state index is 12.0. The van der Waals surface area contributed by atoms with Gasteiger partial charge in [-0.1, -0.05) is 16.8 Å². The van der Waals surface area contributed by atoms with E-state index >= 15 is 0 Å². The van der Waals surface area contributed by atoms with E-state index in [2.05, 4.69) is 25.0 Å². The number of carbonyl (C=O) groups is 2. The zero-order valence-electron chi connectivity index (χ0n) is 10.6. The van der Waals surface area contributed by atoms with Gasteiger partial charge in [0.05, 0.1) is 23.4 Å². The molecule has 0 unspecified atom stereocenters. The molecule has 0 atom stereocenters. The summed E-state index contributed by atoms with van der Waals surface area (Å²) in [5.41, 5.74) is 0.927. The molecule has 0 radical (unpaired) electrons. The van der Waals surface area contributed by atoms with Crippen molar-refractivity contribution in [2.24, 2.45) is 0 Å². The van der Waals surface area contributed by atoms with Crippen LogP contribution in [0.3, 0.4) is 0 Å². The van der Waals surface area contributed by atoms with Gasteiger partial charge in [0.2, 0.25) is 0 Å². The van der Waals surface area contributed by atoms with Gasteiger partial charge in [-0.05, 0) is 30.3 Å². The van der Waals surface area contributed by atoms with Crippen LogP contribution >= 0.6 is 11.6 Å². The minimum absolute atomic E-state index is 0.0459. The van der Waals surface area contributed by atoms with E-state index in [9.17, 15) is 9.59 Å².